The van der Waals surface area contributed by atoms with Crippen LogP contribution in [0.5, 0.6) is 0 Å². The minimum Gasteiger partial charge on any atom is -0.336 e. The maximum atomic E-state index is 12.6. The third-order valence-corrected chi connectivity index (χ3v) is 4.14. The average Bonchev–Trinajstić information content (AvgIpc) is 2.54. The van der Waals surface area contributed by atoms with Crippen LogP contribution in [0.3, 0.4) is 0 Å². The van der Waals surface area contributed by atoms with Crippen molar-refractivity contribution in [3.8, 4) is 0 Å². The number of aryl methyl sites for hydroxylation is 1. The van der Waals surface area contributed by atoms with E-state index in [2.05, 4.69) is 12.1 Å². The lowest BCUT2D eigenvalue weighted by atomic mass is 9.98. The summed E-state index contributed by atoms with van der Waals surface area (Å²) in [6, 6.07) is 15.6. The molecule has 0 aromatic heterocycles. The van der Waals surface area contributed by atoms with Crippen molar-refractivity contribution in [1.82, 2.24) is 4.90 Å². The molecule has 0 fully saturated rings. The van der Waals surface area contributed by atoms with Gasteiger partial charge in [-0.1, -0.05) is 54.1 Å². The van der Waals surface area contributed by atoms with Crippen LogP contribution in [0, 0.1) is 6.92 Å². The molecule has 0 bridgehead atoms. The lowest BCUT2D eigenvalue weighted by Gasteiger charge is -2.31. The van der Waals surface area contributed by atoms with Crippen LogP contribution < -0.4 is 5.73 Å². The quantitative estimate of drug-likeness (QED) is 0.919. The molecule has 108 valence electrons. The number of hydrogen-bond donors (Lipinski definition) is 1. The van der Waals surface area contributed by atoms with Crippen molar-refractivity contribution in [3.05, 3.63) is 70.8 Å². The Morgan fingerprint density at radius 3 is 2.48 bits per heavy atom. The maximum absolute atomic E-state index is 12.6. The van der Waals surface area contributed by atoms with Gasteiger partial charge in [0.05, 0.1) is 0 Å². The zero-order valence-corrected chi connectivity index (χ0v) is 12.3. The van der Waals surface area contributed by atoms with E-state index in [9.17, 15) is 4.79 Å². The third kappa shape index (κ3) is 2.83. The summed E-state index contributed by atoms with van der Waals surface area (Å²) in [5, 5.41) is 0. The van der Waals surface area contributed by atoms with E-state index in [-0.39, 0.29) is 5.91 Å². The average molecular weight is 280 g/mol. The van der Waals surface area contributed by atoms with Crippen molar-refractivity contribution in [2.24, 2.45) is 5.73 Å². The highest BCUT2D eigenvalue weighted by molar-refractivity contribution is 5.83. The maximum Gasteiger partial charge on any atom is 0.244 e. The topological polar surface area (TPSA) is 46.3 Å². The van der Waals surface area contributed by atoms with Gasteiger partial charge >= 0.3 is 0 Å². The minimum absolute atomic E-state index is 0.00774. The SMILES string of the molecule is Cc1ccc(C(N)C(=O)N2CCc3ccccc3C2)cc1. The Morgan fingerprint density at radius 2 is 1.76 bits per heavy atom. The van der Waals surface area contributed by atoms with Gasteiger partial charge in [0, 0.05) is 13.1 Å². The molecule has 1 aliphatic rings. The molecule has 1 aliphatic heterocycles. The van der Waals surface area contributed by atoms with E-state index >= 15 is 0 Å². The van der Waals surface area contributed by atoms with Crippen LogP contribution in [0.15, 0.2) is 48.5 Å². The first-order valence-electron chi connectivity index (χ1n) is 7.33. The van der Waals surface area contributed by atoms with Gasteiger partial charge in [-0.2, -0.15) is 0 Å². The summed E-state index contributed by atoms with van der Waals surface area (Å²) in [5.74, 6) is 0.00774. The van der Waals surface area contributed by atoms with Gasteiger partial charge in [-0.3, -0.25) is 4.79 Å². The van der Waals surface area contributed by atoms with E-state index in [1.165, 1.54) is 16.7 Å². The molecule has 1 heterocycles. The molecule has 1 amide bonds. The molecule has 0 radical (unpaired) electrons. The second-order valence-corrected chi connectivity index (χ2v) is 5.67. The summed E-state index contributed by atoms with van der Waals surface area (Å²) >= 11 is 0. The normalized spacial score (nSPS) is 15.4. The van der Waals surface area contributed by atoms with Crippen LogP contribution in [0.4, 0.5) is 0 Å². The predicted molar refractivity (Wildman–Crippen MR) is 83.7 cm³/mol. The van der Waals surface area contributed by atoms with Crippen LogP contribution in [0.25, 0.3) is 0 Å². The predicted octanol–water partition coefficient (Wildman–Crippen LogP) is 2.58. The van der Waals surface area contributed by atoms with Gasteiger partial charge in [-0.15, -0.1) is 0 Å². The number of nitrogens with zero attached hydrogens (tertiary/aromatic N) is 1. The smallest absolute Gasteiger partial charge is 0.244 e. The molecule has 0 aliphatic carbocycles. The fourth-order valence-corrected chi connectivity index (χ4v) is 2.80. The van der Waals surface area contributed by atoms with E-state index in [0.717, 1.165) is 18.5 Å². The van der Waals surface area contributed by atoms with Gasteiger partial charge in [0.1, 0.15) is 6.04 Å². The molecule has 3 nitrogen and oxygen atoms in total. The van der Waals surface area contributed by atoms with Crippen LogP contribution in [0.2, 0.25) is 0 Å². The molecule has 2 aromatic rings. The van der Waals surface area contributed by atoms with E-state index in [1.807, 2.05) is 48.2 Å². The minimum atomic E-state index is -0.573. The molecule has 3 rings (SSSR count). The van der Waals surface area contributed by atoms with E-state index in [4.69, 9.17) is 5.73 Å². The van der Waals surface area contributed by atoms with Crippen molar-refractivity contribution >= 4 is 5.91 Å². The van der Waals surface area contributed by atoms with Crippen LogP contribution >= 0.6 is 0 Å². The molecular formula is C18H20N2O. The zero-order chi connectivity index (χ0) is 14.8. The molecule has 1 unspecified atom stereocenters. The van der Waals surface area contributed by atoms with Crippen LogP contribution in [0.1, 0.15) is 28.3 Å². The summed E-state index contributed by atoms with van der Waals surface area (Å²) in [5.41, 5.74) is 10.8. The number of fused-ring (bicyclic) bond motifs is 1. The van der Waals surface area contributed by atoms with Gasteiger partial charge < -0.3 is 10.6 Å². The first-order chi connectivity index (χ1) is 10.1. The Balaban J connectivity index is 1.75. The number of nitrogens with two attached hydrogens (primary N) is 1. The largest absolute Gasteiger partial charge is 0.336 e. The lowest BCUT2D eigenvalue weighted by molar-refractivity contribution is -0.133. The monoisotopic (exact) mass is 280 g/mol. The summed E-state index contributed by atoms with van der Waals surface area (Å²) < 4.78 is 0. The molecule has 0 spiro atoms. The molecule has 0 saturated carbocycles. The van der Waals surface area contributed by atoms with Gasteiger partial charge in [0.2, 0.25) is 5.91 Å². The number of hydrogen-bond acceptors (Lipinski definition) is 2. The molecule has 3 heteroatoms. The number of amides is 1. The number of carbonyl (C=O) groups is 1. The standard InChI is InChI=1S/C18H20N2O/c1-13-6-8-15(9-7-13)17(19)18(21)20-11-10-14-4-2-3-5-16(14)12-20/h2-9,17H,10-12,19H2,1H3. The highest BCUT2D eigenvalue weighted by Crippen LogP contribution is 2.22. The zero-order valence-electron chi connectivity index (χ0n) is 12.3. The Labute approximate surface area is 125 Å². The summed E-state index contributed by atoms with van der Waals surface area (Å²) in [7, 11) is 0. The van der Waals surface area contributed by atoms with Crippen molar-refractivity contribution < 1.29 is 4.79 Å². The van der Waals surface area contributed by atoms with E-state index in [0.29, 0.717) is 6.54 Å². The van der Waals surface area contributed by atoms with Crippen molar-refractivity contribution in [2.45, 2.75) is 25.9 Å². The van der Waals surface area contributed by atoms with Gasteiger partial charge in [-0.25, -0.2) is 0 Å². The first-order valence-corrected chi connectivity index (χ1v) is 7.33. The van der Waals surface area contributed by atoms with E-state index < -0.39 is 6.04 Å². The van der Waals surface area contributed by atoms with E-state index in [1.54, 1.807) is 0 Å². The molecule has 0 saturated heterocycles. The van der Waals surface area contributed by atoms with Crippen molar-refractivity contribution in [3.63, 3.8) is 0 Å². The van der Waals surface area contributed by atoms with Gasteiger partial charge in [0.15, 0.2) is 0 Å². The molecule has 2 aromatic carbocycles. The van der Waals surface area contributed by atoms with Crippen LogP contribution in [-0.2, 0) is 17.8 Å². The second-order valence-electron chi connectivity index (χ2n) is 5.67. The molecule has 1 atom stereocenters. The Morgan fingerprint density at radius 1 is 1.10 bits per heavy atom. The fraction of sp³-hybridized carbons (Fsp3) is 0.278. The molecular weight excluding hydrogens is 260 g/mol. The molecule has 21 heavy (non-hydrogen) atoms. The second kappa shape index (κ2) is 5.70. The first kappa shape index (κ1) is 13.8. The fourth-order valence-electron chi connectivity index (χ4n) is 2.80. The number of rotatable bonds is 2. The van der Waals surface area contributed by atoms with Gasteiger partial charge in [0.25, 0.3) is 0 Å². The third-order valence-electron chi connectivity index (χ3n) is 4.14. The van der Waals surface area contributed by atoms with Crippen molar-refractivity contribution in [2.75, 3.05) is 6.54 Å². The Kier molecular flexibility index (Phi) is 3.76. The van der Waals surface area contributed by atoms with Crippen LogP contribution in [-0.4, -0.2) is 17.4 Å². The lowest BCUT2D eigenvalue weighted by Crippen LogP contribution is -2.41. The summed E-state index contributed by atoms with van der Waals surface area (Å²) in [6.45, 7) is 3.43. The highest BCUT2D eigenvalue weighted by Gasteiger charge is 2.25. The highest BCUT2D eigenvalue weighted by atomic mass is 16.2. The van der Waals surface area contributed by atoms with Crippen molar-refractivity contribution in [1.29, 1.82) is 0 Å². The Bertz CT molecular complexity index is 649. The number of benzene rings is 2. The number of carbonyl (C=O) groups excluding carboxylic acids is 1. The summed E-state index contributed by atoms with van der Waals surface area (Å²) in [4.78, 5) is 14.5. The molecule has 2 N–H and O–H groups in total. The van der Waals surface area contributed by atoms with Gasteiger partial charge in [-0.05, 0) is 30.0 Å². The summed E-state index contributed by atoms with van der Waals surface area (Å²) in [6.07, 6.45) is 0.905. The Hall–Kier alpha value is -2.13.